The molecule has 164 valence electrons. The molecule has 0 aromatic heterocycles. The fourth-order valence-corrected chi connectivity index (χ4v) is 3.21. The van der Waals surface area contributed by atoms with Crippen LogP contribution in [0.1, 0.15) is 19.4 Å². The minimum Gasteiger partial charge on any atom is -0.493 e. The first kappa shape index (κ1) is 22.3. The highest BCUT2D eigenvalue weighted by molar-refractivity contribution is 6.36. The van der Waals surface area contributed by atoms with E-state index < -0.39 is 17.6 Å². The zero-order valence-electron chi connectivity index (χ0n) is 17.9. The van der Waals surface area contributed by atoms with Crippen molar-refractivity contribution in [3.63, 3.8) is 0 Å². The van der Waals surface area contributed by atoms with Gasteiger partial charge in [0.2, 0.25) is 0 Å². The maximum Gasteiger partial charge on any atom is 0.278 e. The molecule has 0 spiro atoms. The van der Waals surface area contributed by atoms with Gasteiger partial charge < -0.3 is 19.5 Å². The predicted octanol–water partition coefficient (Wildman–Crippen LogP) is 3.46. The standard InChI is InChI=1S/C23H25FN2O5/c1-14(2)31-12-11-26-22(27)20(15-5-10-18(29-3)19(13-15)30-4)21(23(26)28)25-17-8-6-16(24)7-9-17/h5-10,13-14,25H,11-12H2,1-4H3. The number of halogens is 1. The van der Waals surface area contributed by atoms with E-state index in [0.717, 1.165) is 4.90 Å². The van der Waals surface area contributed by atoms with Gasteiger partial charge in [-0.15, -0.1) is 0 Å². The molecule has 0 unspecified atom stereocenters. The van der Waals surface area contributed by atoms with Crippen molar-refractivity contribution in [2.75, 3.05) is 32.7 Å². The molecule has 1 aliphatic rings. The van der Waals surface area contributed by atoms with Crippen molar-refractivity contribution >= 4 is 23.1 Å². The summed E-state index contributed by atoms with van der Waals surface area (Å²) in [5.41, 5.74) is 1.27. The van der Waals surface area contributed by atoms with E-state index in [1.165, 1.54) is 38.5 Å². The molecule has 0 bridgehead atoms. The van der Waals surface area contributed by atoms with Crippen molar-refractivity contribution in [3.8, 4) is 11.5 Å². The Morgan fingerprint density at radius 3 is 2.26 bits per heavy atom. The van der Waals surface area contributed by atoms with Crippen molar-refractivity contribution in [1.82, 2.24) is 4.90 Å². The summed E-state index contributed by atoms with van der Waals surface area (Å²) in [6.07, 6.45) is -0.0251. The number of nitrogens with one attached hydrogen (secondary N) is 1. The lowest BCUT2D eigenvalue weighted by atomic mass is 10.0. The topological polar surface area (TPSA) is 77.1 Å². The molecule has 1 N–H and O–H groups in total. The highest BCUT2D eigenvalue weighted by Crippen LogP contribution is 2.35. The van der Waals surface area contributed by atoms with Gasteiger partial charge in [-0.25, -0.2) is 4.39 Å². The molecule has 1 aliphatic heterocycles. The van der Waals surface area contributed by atoms with Crippen LogP contribution in [0.4, 0.5) is 10.1 Å². The quantitative estimate of drug-likeness (QED) is 0.617. The van der Waals surface area contributed by atoms with Crippen molar-refractivity contribution in [3.05, 3.63) is 59.5 Å². The monoisotopic (exact) mass is 428 g/mol. The number of imide groups is 1. The first-order chi connectivity index (χ1) is 14.8. The highest BCUT2D eigenvalue weighted by atomic mass is 19.1. The third-order valence-corrected chi connectivity index (χ3v) is 4.72. The van der Waals surface area contributed by atoms with Crippen LogP contribution in [0.25, 0.3) is 5.57 Å². The molecular formula is C23H25FN2O5. The zero-order chi connectivity index (χ0) is 22.5. The Morgan fingerprint density at radius 2 is 1.65 bits per heavy atom. The SMILES string of the molecule is COc1ccc(C2=C(Nc3ccc(F)cc3)C(=O)N(CCOC(C)C)C2=O)cc1OC. The van der Waals surface area contributed by atoms with E-state index >= 15 is 0 Å². The summed E-state index contributed by atoms with van der Waals surface area (Å²) < 4.78 is 29.4. The van der Waals surface area contributed by atoms with E-state index in [-0.39, 0.29) is 30.5 Å². The Labute approximate surface area is 180 Å². The molecule has 8 heteroatoms. The van der Waals surface area contributed by atoms with Crippen LogP contribution in [0, 0.1) is 5.82 Å². The van der Waals surface area contributed by atoms with E-state index in [2.05, 4.69) is 5.32 Å². The van der Waals surface area contributed by atoms with Crippen LogP contribution in [0.15, 0.2) is 48.2 Å². The molecule has 0 radical (unpaired) electrons. The molecule has 7 nitrogen and oxygen atoms in total. The maximum atomic E-state index is 13.3. The number of hydrogen-bond acceptors (Lipinski definition) is 6. The van der Waals surface area contributed by atoms with Crippen LogP contribution in [0.3, 0.4) is 0 Å². The average molecular weight is 428 g/mol. The number of hydrogen-bond donors (Lipinski definition) is 1. The zero-order valence-corrected chi connectivity index (χ0v) is 17.9. The molecule has 1 heterocycles. The van der Waals surface area contributed by atoms with Gasteiger partial charge in [-0.1, -0.05) is 6.07 Å². The van der Waals surface area contributed by atoms with Gasteiger partial charge in [0, 0.05) is 5.69 Å². The van der Waals surface area contributed by atoms with Crippen LogP contribution >= 0.6 is 0 Å². The number of amides is 2. The molecule has 0 atom stereocenters. The Kier molecular flexibility index (Phi) is 6.91. The molecule has 0 fully saturated rings. The largest absolute Gasteiger partial charge is 0.493 e. The van der Waals surface area contributed by atoms with Crippen LogP contribution < -0.4 is 14.8 Å². The average Bonchev–Trinajstić information content (AvgIpc) is 2.98. The molecular weight excluding hydrogens is 403 g/mol. The van der Waals surface area contributed by atoms with Crippen LogP contribution in [0.2, 0.25) is 0 Å². The summed E-state index contributed by atoms with van der Waals surface area (Å²) >= 11 is 0. The number of anilines is 1. The van der Waals surface area contributed by atoms with Gasteiger partial charge in [0.15, 0.2) is 11.5 Å². The second-order valence-corrected chi connectivity index (χ2v) is 7.13. The normalized spacial score (nSPS) is 13.9. The van der Waals surface area contributed by atoms with E-state index in [1.54, 1.807) is 18.2 Å². The fraction of sp³-hybridized carbons (Fsp3) is 0.304. The maximum absolute atomic E-state index is 13.3. The summed E-state index contributed by atoms with van der Waals surface area (Å²) in [6.45, 7) is 4.09. The van der Waals surface area contributed by atoms with Gasteiger partial charge in [0.1, 0.15) is 11.5 Å². The van der Waals surface area contributed by atoms with Gasteiger partial charge in [0.25, 0.3) is 11.8 Å². The highest BCUT2D eigenvalue weighted by Gasteiger charge is 2.39. The first-order valence-corrected chi connectivity index (χ1v) is 9.82. The second-order valence-electron chi connectivity index (χ2n) is 7.13. The number of rotatable bonds is 9. The van der Waals surface area contributed by atoms with E-state index in [4.69, 9.17) is 14.2 Å². The number of ether oxygens (including phenoxy) is 3. The van der Waals surface area contributed by atoms with Gasteiger partial charge in [-0.05, 0) is 55.8 Å². The summed E-state index contributed by atoms with van der Waals surface area (Å²) in [5, 5.41) is 2.98. The number of carbonyl (C=O) groups is 2. The van der Waals surface area contributed by atoms with E-state index in [9.17, 15) is 14.0 Å². The van der Waals surface area contributed by atoms with Gasteiger partial charge >= 0.3 is 0 Å². The predicted molar refractivity (Wildman–Crippen MR) is 114 cm³/mol. The lowest BCUT2D eigenvalue weighted by Crippen LogP contribution is -2.35. The molecule has 0 saturated carbocycles. The van der Waals surface area contributed by atoms with E-state index in [0.29, 0.717) is 22.7 Å². The van der Waals surface area contributed by atoms with Gasteiger partial charge in [0.05, 0.1) is 39.0 Å². The minimum absolute atomic E-state index is 0.0251. The third-order valence-electron chi connectivity index (χ3n) is 4.72. The smallest absolute Gasteiger partial charge is 0.278 e. The van der Waals surface area contributed by atoms with Crippen LogP contribution in [0.5, 0.6) is 11.5 Å². The Balaban J connectivity index is 2.01. The number of nitrogens with zero attached hydrogens (tertiary/aromatic N) is 1. The Hall–Kier alpha value is -3.39. The van der Waals surface area contributed by atoms with Gasteiger partial charge in [-0.3, -0.25) is 14.5 Å². The summed E-state index contributed by atoms with van der Waals surface area (Å²) in [6, 6.07) is 10.5. The molecule has 0 saturated heterocycles. The molecule has 31 heavy (non-hydrogen) atoms. The van der Waals surface area contributed by atoms with Crippen LogP contribution in [-0.4, -0.2) is 50.2 Å². The lowest BCUT2D eigenvalue weighted by Gasteiger charge is -2.16. The Morgan fingerprint density at radius 1 is 0.968 bits per heavy atom. The minimum atomic E-state index is -0.480. The summed E-state index contributed by atoms with van der Waals surface area (Å²) in [7, 11) is 3.00. The van der Waals surface area contributed by atoms with Gasteiger partial charge in [-0.2, -0.15) is 0 Å². The molecule has 3 rings (SSSR count). The Bertz CT molecular complexity index is 1000. The van der Waals surface area contributed by atoms with Crippen molar-refractivity contribution in [1.29, 1.82) is 0 Å². The number of benzene rings is 2. The van der Waals surface area contributed by atoms with E-state index in [1.807, 2.05) is 13.8 Å². The molecule has 2 aromatic carbocycles. The number of carbonyl (C=O) groups excluding carboxylic acids is 2. The van der Waals surface area contributed by atoms with Crippen molar-refractivity contribution in [2.45, 2.75) is 20.0 Å². The second kappa shape index (κ2) is 9.61. The lowest BCUT2D eigenvalue weighted by molar-refractivity contribution is -0.137. The first-order valence-electron chi connectivity index (χ1n) is 9.82. The fourth-order valence-electron chi connectivity index (χ4n) is 3.21. The summed E-state index contributed by atoms with van der Waals surface area (Å²) in [4.78, 5) is 27.5. The van der Waals surface area contributed by atoms with Crippen molar-refractivity contribution in [2.24, 2.45) is 0 Å². The van der Waals surface area contributed by atoms with Crippen LogP contribution in [-0.2, 0) is 14.3 Å². The number of methoxy groups -OCH3 is 2. The van der Waals surface area contributed by atoms with Crippen molar-refractivity contribution < 1.29 is 28.2 Å². The molecule has 2 amide bonds. The third kappa shape index (κ3) is 4.86. The summed E-state index contributed by atoms with van der Waals surface area (Å²) in [5.74, 6) is -0.407. The molecule has 2 aromatic rings. The molecule has 0 aliphatic carbocycles.